The van der Waals surface area contributed by atoms with Crippen molar-refractivity contribution >= 4 is 34.9 Å². The highest BCUT2D eigenvalue weighted by Gasteiger charge is 2.22. The molecule has 2 rings (SSSR count). The molecule has 0 bridgehead atoms. The van der Waals surface area contributed by atoms with Crippen LogP contribution in [-0.4, -0.2) is 25.1 Å². The van der Waals surface area contributed by atoms with E-state index >= 15 is 0 Å². The third kappa shape index (κ3) is 4.43. The largest absolute Gasteiger partial charge is 0.496 e. The molecule has 0 spiro atoms. The molecule has 134 valence electrons. The molecule has 1 atom stereocenters. The second kappa shape index (κ2) is 8.23. The van der Waals surface area contributed by atoms with Gasteiger partial charge in [-0.2, -0.15) is 5.26 Å². The van der Waals surface area contributed by atoms with Crippen LogP contribution in [0.3, 0.4) is 0 Å². The summed E-state index contributed by atoms with van der Waals surface area (Å²) in [5.74, 6) is -1.14. The molecule has 0 fully saturated rings. The van der Waals surface area contributed by atoms with Gasteiger partial charge < -0.3 is 20.5 Å². The third-order valence-electron chi connectivity index (χ3n) is 3.45. The van der Waals surface area contributed by atoms with Gasteiger partial charge in [-0.25, -0.2) is 4.79 Å². The van der Waals surface area contributed by atoms with Crippen LogP contribution in [0.4, 0.5) is 11.4 Å². The van der Waals surface area contributed by atoms with Crippen molar-refractivity contribution < 1.29 is 19.1 Å². The van der Waals surface area contributed by atoms with Crippen LogP contribution in [0.15, 0.2) is 36.4 Å². The number of nitrogens with two attached hydrogens (primary N) is 1. The molecule has 0 saturated heterocycles. The first kappa shape index (κ1) is 19.1. The summed E-state index contributed by atoms with van der Waals surface area (Å²) in [5, 5.41) is 11.6. The first-order valence-corrected chi connectivity index (χ1v) is 7.88. The Hall–Kier alpha value is -3.24. The van der Waals surface area contributed by atoms with E-state index in [0.29, 0.717) is 11.3 Å². The molecule has 0 unspecified atom stereocenters. The molecule has 0 heterocycles. The van der Waals surface area contributed by atoms with Gasteiger partial charge in [-0.3, -0.25) is 4.79 Å². The normalized spacial score (nSPS) is 11.2. The maximum absolute atomic E-state index is 12.3. The molecule has 26 heavy (non-hydrogen) atoms. The van der Waals surface area contributed by atoms with Crippen LogP contribution < -0.4 is 15.8 Å². The zero-order valence-electron chi connectivity index (χ0n) is 14.1. The quantitative estimate of drug-likeness (QED) is 0.615. The number of amides is 1. The van der Waals surface area contributed by atoms with E-state index in [1.54, 1.807) is 18.2 Å². The highest BCUT2D eigenvalue weighted by atomic mass is 35.5. The summed E-state index contributed by atoms with van der Waals surface area (Å²) in [6.45, 7) is 1.42. The van der Waals surface area contributed by atoms with Crippen molar-refractivity contribution in [2.24, 2.45) is 0 Å². The summed E-state index contributed by atoms with van der Waals surface area (Å²) in [5.41, 5.74) is 6.80. The monoisotopic (exact) mass is 373 g/mol. The number of carbonyl (C=O) groups is 2. The van der Waals surface area contributed by atoms with Gasteiger partial charge in [-0.1, -0.05) is 17.7 Å². The van der Waals surface area contributed by atoms with Gasteiger partial charge in [0.15, 0.2) is 6.10 Å². The van der Waals surface area contributed by atoms with Crippen molar-refractivity contribution in [3.05, 3.63) is 52.5 Å². The van der Waals surface area contributed by atoms with Crippen molar-refractivity contribution in [2.45, 2.75) is 13.0 Å². The number of benzene rings is 2. The number of methoxy groups -OCH3 is 1. The number of rotatable bonds is 5. The van der Waals surface area contributed by atoms with Crippen LogP contribution in [0.5, 0.6) is 5.75 Å². The fraction of sp³-hybridized carbons (Fsp3) is 0.167. The lowest BCUT2D eigenvalue weighted by Gasteiger charge is -2.15. The van der Waals surface area contributed by atoms with Crippen molar-refractivity contribution in [1.29, 1.82) is 5.26 Å². The van der Waals surface area contributed by atoms with Gasteiger partial charge >= 0.3 is 5.97 Å². The Balaban J connectivity index is 2.10. The summed E-state index contributed by atoms with van der Waals surface area (Å²) in [6.07, 6.45) is -1.09. The number of halogens is 1. The maximum Gasteiger partial charge on any atom is 0.342 e. The number of ether oxygens (including phenoxy) is 2. The minimum Gasteiger partial charge on any atom is -0.496 e. The van der Waals surface area contributed by atoms with Crippen molar-refractivity contribution in [3.8, 4) is 11.8 Å². The molecule has 8 heteroatoms. The van der Waals surface area contributed by atoms with Crippen LogP contribution in [0.25, 0.3) is 0 Å². The number of hydrogen-bond acceptors (Lipinski definition) is 6. The molecule has 0 saturated carbocycles. The highest BCUT2D eigenvalue weighted by Crippen LogP contribution is 2.29. The smallest absolute Gasteiger partial charge is 0.342 e. The van der Waals surface area contributed by atoms with E-state index in [0.717, 1.165) is 0 Å². The van der Waals surface area contributed by atoms with E-state index in [9.17, 15) is 9.59 Å². The topological polar surface area (TPSA) is 114 Å². The summed E-state index contributed by atoms with van der Waals surface area (Å²) in [4.78, 5) is 24.5. The fourth-order valence-electron chi connectivity index (χ4n) is 2.09. The average molecular weight is 374 g/mol. The second-order valence-corrected chi connectivity index (χ2v) is 5.71. The molecule has 0 aliphatic heterocycles. The van der Waals surface area contributed by atoms with E-state index in [1.165, 1.54) is 32.2 Å². The average Bonchev–Trinajstić information content (AvgIpc) is 2.63. The van der Waals surface area contributed by atoms with Gasteiger partial charge in [0, 0.05) is 11.8 Å². The molecule has 2 aromatic rings. The first-order chi connectivity index (χ1) is 12.3. The Morgan fingerprint density at radius 2 is 2.04 bits per heavy atom. The van der Waals surface area contributed by atoms with Crippen LogP contribution in [0.1, 0.15) is 22.8 Å². The van der Waals surface area contributed by atoms with Crippen LogP contribution in [0, 0.1) is 11.3 Å². The van der Waals surface area contributed by atoms with E-state index in [2.05, 4.69) is 5.32 Å². The van der Waals surface area contributed by atoms with Gasteiger partial charge in [0.05, 0.1) is 29.5 Å². The molecular weight excluding hydrogens is 358 g/mol. The molecular formula is C18H16ClN3O4. The van der Waals surface area contributed by atoms with Gasteiger partial charge in [-0.05, 0) is 31.2 Å². The van der Waals surface area contributed by atoms with E-state index in [-0.39, 0.29) is 22.0 Å². The van der Waals surface area contributed by atoms with E-state index in [4.69, 9.17) is 32.1 Å². The number of nitrogen functional groups attached to an aromatic ring is 1. The molecule has 0 aliphatic rings. The van der Waals surface area contributed by atoms with E-state index in [1.807, 2.05) is 6.07 Å². The second-order valence-electron chi connectivity index (χ2n) is 5.30. The number of nitrogens with one attached hydrogen (secondary N) is 1. The Bertz CT molecular complexity index is 892. The first-order valence-electron chi connectivity index (χ1n) is 7.50. The predicted molar refractivity (Wildman–Crippen MR) is 97.1 cm³/mol. The van der Waals surface area contributed by atoms with Crippen molar-refractivity contribution in [2.75, 3.05) is 18.2 Å². The lowest BCUT2D eigenvalue weighted by atomic mass is 10.1. The minimum atomic E-state index is -1.09. The van der Waals surface area contributed by atoms with Gasteiger partial charge in [0.1, 0.15) is 11.3 Å². The Morgan fingerprint density at radius 1 is 1.31 bits per heavy atom. The van der Waals surface area contributed by atoms with Crippen molar-refractivity contribution in [1.82, 2.24) is 0 Å². The maximum atomic E-state index is 12.3. The highest BCUT2D eigenvalue weighted by molar-refractivity contribution is 6.33. The summed E-state index contributed by atoms with van der Waals surface area (Å²) < 4.78 is 10.3. The molecule has 0 aliphatic carbocycles. The summed E-state index contributed by atoms with van der Waals surface area (Å²) in [6, 6.07) is 11.1. The standard InChI is InChI=1S/C18H16ClN3O4/c1-10(17(23)22-12-5-3-4-11(6-12)9-20)26-18(24)13-7-14(19)15(21)8-16(13)25-2/h3-8,10H,21H2,1-2H3,(H,22,23)/t10-/m0/s1. The number of nitrogens with zero attached hydrogens (tertiary/aromatic N) is 1. The van der Waals surface area contributed by atoms with Crippen LogP contribution >= 0.6 is 11.6 Å². The Morgan fingerprint density at radius 3 is 2.69 bits per heavy atom. The third-order valence-corrected chi connectivity index (χ3v) is 3.78. The molecule has 0 aromatic heterocycles. The zero-order chi connectivity index (χ0) is 19.3. The van der Waals surface area contributed by atoms with Crippen molar-refractivity contribution in [3.63, 3.8) is 0 Å². The lowest BCUT2D eigenvalue weighted by Crippen LogP contribution is -2.30. The van der Waals surface area contributed by atoms with Gasteiger partial charge in [-0.15, -0.1) is 0 Å². The zero-order valence-corrected chi connectivity index (χ0v) is 14.8. The molecule has 3 N–H and O–H groups in total. The Labute approximate surface area is 155 Å². The van der Waals surface area contributed by atoms with Gasteiger partial charge in [0.25, 0.3) is 5.91 Å². The van der Waals surface area contributed by atoms with E-state index < -0.39 is 18.0 Å². The molecule has 0 radical (unpaired) electrons. The molecule has 2 aromatic carbocycles. The molecule has 7 nitrogen and oxygen atoms in total. The number of carbonyl (C=O) groups excluding carboxylic acids is 2. The Kier molecular flexibility index (Phi) is 6.04. The fourth-order valence-corrected chi connectivity index (χ4v) is 2.25. The lowest BCUT2D eigenvalue weighted by molar-refractivity contribution is -0.123. The minimum absolute atomic E-state index is 0.0535. The van der Waals surface area contributed by atoms with Gasteiger partial charge in [0.2, 0.25) is 0 Å². The SMILES string of the molecule is COc1cc(N)c(Cl)cc1C(=O)O[C@@H](C)C(=O)Nc1cccc(C#N)c1. The van der Waals surface area contributed by atoms with Crippen LogP contribution in [-0.2, 0) is 9.53 Å². The summed E-state index contributed by atoms with van der Waals surface area (Å²) >= 11 is 5.93. The van der Waals surface area contributed by atoms with Crippen LogP contribution in [0.2, 0.25) is 5.02 Å². The number of hydrogen-bond donors (Lipinski definition) is 2. The predicted octanol–water partition coefficient (Wildman–Crippen LogP) is 2.99. The molecule has 1 amide bonds. The number of anilines is 2. The number of esters is 1. The number of nitriles is 1. The summed E-state index contributed by atoms with van der Waals surface area (Å²) in [7, 11) is 1.37.